The van der Waals surface area contributed by atoms with Gasteiger partial charge in [-0.1, -0.05) is 55.3 Å². The number of allylic oxidation sites excluding steroid dienone is 1. The molecule has 3 aromatic rings. The minimum Gasteiger partial charge on any atom is -0.489 e. The minimum atomic E-state index is -0.186. The van der Waals surface area contributed by atoms with Gasteiger partial charge in [0.15, 0.2) is 0 Å². The monoisotopic (exact) mass is 480 g/mol. The van der Waals surface area contributed by atoms with Crippen LogP contribution in [0.25, 0.3) is 6.08 Å². The Labute approximate surface area is 213 Å². The molecule has 0 aliphatic carbocycles. The Morgan fingerprint density at radius 1 is 1.06 bits per heavy atom. The van der Waals surface area contributed by atoms with Gasteiger partial charge in [0, 0.05) is 5.56 Å². The van der Waals surface area contributed by atoms with E-state index in [0.29, 0.717) is 29.1 Å². The fourth-order valence-corrected chi connectivity index (χ4v) is 4.20. The number of carbonyl (C=O) groups is 2. The zero-order chi connectivity index (χ0) is 26.1. The number of aryl methyl sites for hydroxylation is 2. The first-order valence-corrected chi connectivity index (χ1v) is 12.0. The molecule has 3 rings (SSSR count). The van der Waals surface area contributed by atoms with Crippen molar-refractivity contribution in [1.29, 1.82) is 5.26 Å². The molecule has 0 aromatic heterocycles. The van der Waals surface area contributed by atoms with E-state index in [-0.39, 0.29) is 18.6 Å². The number of nitrogens with zero attached hydrogens (tertiary/aromatic N) is 1. The molecular formula is C31H32N2O3. The molecule has 1 N–H and O–H groups in total. The van der Waals surface area contributed by atoms with Gasteiger partial charge in [-0.2, -0.15) is 5.26 Å². The zero-order valence-electron chi connectivity index (χ0n) is 21.2. The highest BCUT2D eigenvalue weighted by molar-refractivity contribution is 5.95. The average Bonchev–Trinajstić information content (AvgIpc) is 2.85. The number of benzene rings is 3. The van der Waals surface area contributed by atoms with Gasteiger partial charge >= 0.3 is 0 Å². The Bertz CT molecular complexity index is 1280. The summed E-state index contributed by atoms with van der Waals surface area (Å²) in [5.41, 5.74) is 5.92. The van der Waals surface area contributed by atoms with Crippen LogP contribution < -0.4 is 10.1 Å². The topological polar surface area (TPSA) is 79.2 Å². The number of carbonyl (C=O) groups excluding carboxylic acids is 2. The van der Waals surface area contributed by atoms with E-state index in [1.54, 1.807) is 42.5 Å². The fourth-order valence-electron chi connectivity index (χ4n) is 4.20. The number of amides is 1. The maximum Gasteiger partial charge on any atom is 0.251 e. The van der Waals surface area contributed by atoms with Gasteiger partial charge in [0.25, 0.3) is 5.91 Å². The highest BCUT2D eigenvalue weighted by atomic mass is 16.5. The molecule has 1 unspecified atom stereocenters. The van der Waals surface area contributed by atoms with Crippen LogP contribution in [-0.2, 0) is 11.4 Å². The number of ether oxygens (including phenoxy) is 1. The van der Waals surface area contributed by atoms with Crippen LogP contribution in [0.3, 0.4) is 0 Å². The quantitative estimate of drug-likeness (QED) is 0.266. The number of hydrogen-bond donors (Lipinski definition) is 1. The molecule has 5 heteroatoms. The summed E-state index contributed by atoms with van der Waals surface area (Å²) in [6.45, 7) is 8.62. The average molecular weight is 481 g/mol. The van der Waals surface area contributed by atoms with Crippen LogP contribution in [0.1, 0.15) is 70.0 Å². The molecule has 0 spiro atoms. The van der Waals surface area contributed by atoms with Crippen molar-refractivity contribution < 1.29 is 14.3 Å². The molecule has 1 atom stereocenters. The third-order valence-electron chi connectivity index (χ3n) is 5.67. The molecule has 0 fully saturated rings. The summed E-state index contributed by atoms with van der Waals surface area (Å²) in [7, 11) is 0. The lowest BCUT2D eigenvalue weighted by Crippen LogP contribution is -2.30. The number of rotatable bonds is 10. The van der Waals surface area contributed by atoms with E-state index in [1.165, 1.54) is 6.08 Å². The molecule has 0 radical (unpaired) electrons. The van der Waals surface area contributed by atoms with Gasteiger partial charge in [-0.3, -0.25) is 9.59 Å². The van der Waals surface area contributed by atoms with Gasteiger partial charge in [-0.05, 0) is 85.4 Å². The number of hydrogen-bond acceptors (Lipinski definition) is 4. The molecule has 5 nitrogen and oxygen atoms in total. The predicted molar refractivity (Wildman–Crippen MR) is 143 cm³/mol. The van der Waals surface area contributed by atoms with E-state index >= 15 is 0 Å². The van der Waals surface area contributed by atoms with Crippen LogP contribution in [0, 0.1) is 31.1 Å². The molecule has 0 saturated carbocycles. The Balaban J connectivity index is 1.88. The summed E-state index contributed by atoms with van der Waals surface area (Å²) in [5.74, 6) is 0.778. The van der Waals surface area contributed by atoms with Gasteiger partial charge in [-0.15, -0.1) is 0 Å². The summed E-state index contributed by atoms with van der Waals surface area (Å²) in [6.07, 6.45) is 4.58. The van der Waals surface area contributed by atoms with Crippen molar-refractivity contribution >= 4 is 18.3 Å². The maximum atomic E-state index is 13.4. The summed E-state index contributed by atoms with van der Waals surface area (Å²) >= 11 is 0. The molecule has 0 heterocycles. The summed E-state index contributed by atoms with van der Waals surface area (Å²) in [6, 6.07) is 20.7. The van der Waals surface area contributed by atoms with Gasteiger partial charge in [0.2, 0.25) is 0 Å². The normalized spacial score (nSPS) is 11.8. The minimum absolute atomic E-state index is 0.126. The Hall–Kier alpha value is -4.17. The van der Waals surface area contributed by atoms with Crippen LogP contribution in [0.15, 0.2) is 66.7 Å². The predicted octanol–water partition coefficient (Wildman–Crippen LogP) is 6.48. The molecule has 0 aliphatic heterocycles. The van der Waals surface area contributed by atoms with Crippen molar-refractivity contribution in [2.45, 2.75) is 46.8 Å². The van der Waals surface area contributed by atoms with Crippen molar-refractivity contribution in [3.63, 3.8) is 0 Å². The third-order valence-corrected chi connectivity index (χ3v) is 5.67. The second-order valence-corrected chi connectivity index (χ2v) is 9.46. The lowest BCUT2D eigenvalue weighted by molar-refractivity contribution is -0.104. The van der Waals surface area contributed by atoms with Crippen LogP contribution in [-0.4, -0.2) is 12.2 Å². The van der Waals surface area contributed by atoms with Crippen molar-refractivity contribution in [3.8, 4) is 11.8 Å². The van der Waals surface area contributed by atoms with Crippen LogP contribution >= 0.6 is 0 Å². The van der Waals surface area contributed by atoms with Crippen LogP contribution in [0.2, 0.25) is 0 Å². The van der Waals surface area contributed by atoms with Crippen molar-refractivity contribution in [2.24, 2.45) is 5.92 Å². The highest BCUT2D eigenvalue weighted by Gasteiger charge is 2.19. The standard InChI is InChI=1S/C31H32N2O3/c1-21(2)11-30(27-13-22(3)12-23(4)14-27)33-31(35)28-16-24(8-6-10-34)15-26(17-28)20-36-29-9-5-7-25(18-29)19-32/h5-10,12-18,21,30H,11,20H2,1-4H3,(H,33,35)/b8-6+. The SMILES string of the molecule is Cc1cc(C)cc(C(CC(C)C)NC(=O)c2cc(/C=C/C=O)cc(COc3cccc(C#N)c3)c2)c1. The van der Waals surface area contributed by atoms with E-state index in [9.17, 15) is 9.59 Å². The third kappa shape index (κ3) is 7.68. The van der Waals surface area contributed by atoms with Crippen molar-refractivity contribution in [1.82, 2.24) is 5.32 Å². The largest absolute Gasteiger partial charge is 0.489 e. The van der Waals surface area contributed by atoms with Crippen LogP contribution in [0.5, 0.6) is 5.75 Å². The van der Waals surface area contributed by atoms with Crippen molar-refractivity contribution in [3.05, 3.63) is 106 Å². The highest BCUT2D eigenvalue weighted by Crippen LogP contribution is 2.25. The zero-order valence-corrected chi connectivity index (χ0v) is 21.2. The van der Waals surface area contributed by atoms with Gasteiger partial charge < -0.3 is 10.1 Å². The molecule has 0 aliphatic rings. The lowest BCUT2D eigenvalue weighted by atomic mass is 9.94. The smallest absolute Gasteiger partial charge is 0.251 e. The maximum absolute atomic E-state index is 13.4. The molecule has 36 heavy (non-hydrogen) atoms. The Morgan fingerprint density at radius 3 is 2.47 bits per heavy atom. The van der Waals surface area contributed by atoms with E-state index in [2.05, 4.69) is 57.3 Å². The first-order valence-electron chi connectivity index (χ1n) is 12.0. The summed E-state index contributed by atoms with van der Waals surface area (Å²) in [4.78, 5) is 24.3. The molecule has 184 valence electrons. The molecule has 0 bridgehead atoms. The molecule has 0 saturated heterocycles. The second-order valence-electron chi connectivity index (χ2n) is 9.46. The number of aldehydes is 1. The summed E-state index contributed by atoms with van der Waals surface area (Å²) in [5, 5.41) is 12.3. The van der Waals surface area contributed by atoms with E-state index in [1.807, 2.05) is 6.07 Å². The first kappa shape index (κ1) is 26.4. The molecule has 1 amide bonds. The van der Waals surface area contributed by atoms with E-state index in [4.69, 9.17) is 10.00 Å². The van der Waals surface area contributed by atoms with E-state index in [0.717, 1.165) is 34.2 Å². The Morgan fingerprint density at radius 2 is 1.81 bits per heavy atom. The second kappa shape index (κ2) is 12.5. The first-order chi connectivity index (χ1) is 17.3. The number of nitriles is 1. The van der Waals surface area contributed by atoms with E-state index < -0.39 is 0 Å². The van der Waals surface area contributed by atoms with Crippen LogP contribution in [0.4, 0.5) is 0 Å². The molecular weight excluding hydrogens is 448 g/mol. The Kier molecular flexibility index (Phi) is 9.19. The number of nitrogens with one attached hydrogen (secondary N) is 1. The van der Waals surface area contributed by atoms with Gasteiger partial charge in [0.1, 0.15) is 18.6 Å². The lowest BCUT2D eigenvalue weighted by Gasteiger charge is -2.22. The summed E-state index contributed by atoms with van der Waals surface area (Å²) < 4.78 is 5.88. The molecule has 3 aromatic carbocycles. The van der Waals surface area contributed by atoms with Gasteiger partial charge in [0.05, 0.1) is 17.7 Å². The van der Waals surface area contributed by atoms with Crippen molar-refractivity contribution in [2.75, 3.05) is 0 Å². The van der Waals surface area contributed by atoms with Gasteiger partial charge in [-0.25, -0.2) is 0 Å². The fraction of sp³-hybridized carbons (Fsp3) is 0.258.